The average Bonchev–Trinajstić information content (AvgIpc) is 2.35. The van der Waals surface area contributed by atoms with E-state index < -0.39 is 0 Å². The molecular weight excluding hydrogens is 208 g/mol. The molecule has 1 rings (SSSR count). The topological polar surface area (TPSA) is 47.9 Å². The molecule has 96 valence electrons. The Morgan fingerprint density at radius 3 is 2.56 bits per heavy atom. The quantitative estimate of drug-likeness (QED) is 0.639. The van der Waals surface area contributed by atoms with E-state index in [0.717, 1.165) is 45.5 Å². The molecule has 0 aromatic heterocycles. The summed E-state index contributed by atoms with van der Waals surface area (Å²) < 4.78 is 15.6. The van der Waals surface area contributed by atoms with Crippen LogP contribution in [-0.4, -0.2) is 51.9 Å². The first-order valence-electron chi connectivity index (χ1n) is 6.08. The zero-order valence-corrected chi connectivity index (χ0v) is 10.2. The van der Waals surface area contributed by atoms with Crippen LogP contribution in [0.25, 0.3) is 0 Å². The van der Waals surface area contributed by atoms with Gasteiger partial charge in [-0.3, -0.25) is 0 Å². The summed E-state index contributed by atoms with van der Waals surface area (Å²) >= 11 is 0. The zero-order chi connectivity index (χ0) is 11.7. The van der Waals surface area contributed by atoms with Gasteiger partial charge in [0.2, 0.25) is 0 Å². The minimum atomic E-state index is 0.0862. The van der Waals surface area contributed by atoms with E-state index in [4.69, 9.17) is 14.2 Å². The van der Waals surface area contributed by atoms with Gasteiger partial charge in [-0.05, 0) is 31.1 Å². The molecule has 1 fully saturated rings. The number of hydrogen-bond donors (Lipinski definition) is 1. The van der Waals surface area contributed by atoms with Gasteiger partial charge in [-0.1, -0.05) is 0 Å². The molecule has 0 atom stereocenters. The van der Waals surface area contributed by atoms with E-state index in [1.165, 1.54) is 0 Å². The molecule has 4 nitrogen and oxygen atoms in total. The number of rotatable bonds is 8. The van der Waals surface area contributed by atoms with Gasteiger partial charge in [0.25, 0.3) is 0 Å². The van der Waals surface area contributed by atoms with Gasteiger partial charge in [-0.2, -0.15) is 0 Å². The second-order valence-electron chi connectivity index (χ2n) is 4.48. The summed E-state index contributed by atoms with van der Waals surface area (Å²) in [6.07, 6.45) is 3.98. The van der Waals surface area contributed by atoms with Crippen molar-refractivity contribution in [3.63, 3.8) is 0 Å². The van der Waals surface area contributed by atoms with Crippen molar-refractivity contribution in [1.29, 1.82) is 0 Å². The van der Waals surface area contributed by atoms with Crippen molar-refractivity contribution >= 4 is 0 Å². The number of aliphatic hydroxyl groups is 1. The Balaban J connectivity index is 2.08. The van der Waals surface area contributed by atoms with Crippen LogP contribution in [-0.2, 0) is 14.2 Å². The van der Waals surface area contributed by atoms with Gasteiger partial charge >= 0.3 is 0 Å². The van der Waals surface area contributed by atoms with Gasteiger partial charge < -0.3 is 19.3 Å². The fraction of sp³-hybridized carbons (Fsp3) is 1.00. The highest BCUT2D eigenvalue weighted by Crippen LogP contribution is 2.34. The van der Waals surface area contributed by atoms with E-state index in [1.54, 1.807) is 7.11 Å². The number of methoxy groups -OCH3 is 1. The van der Waals surface area contributed by atoms with Crippen molar-refractivity contribution in [1.82, 2.24) is 0 Å². The molecule has 1 aliphatic heterocycles. The molecule has 0 aromatic carbocycles. The smallest absolute Gasteiger partial charge is 0.0700 e. The van der Waals surface area contributed by atoms with Crippen molar-refractivity contribution < 1.29 is 19.3 Å². The standard InChI is InChI=1S/C12H24O4/c1-14-9-10-15-6-2-3-12(11-13)4-7-16-8-5-12/h13H,2-11H2,1H3. The SMILES string of the molecule is COCCOCCCC1(CO)CCOCC1. The van der Waals surface area contributed by atoms with Crippen molar-refractivity contribution in [3.05, 3.63) is 0 Å². The molecule has 1 aliphatic rings. The molecule has 0 spiro atoms. The lowest BCUT2D eigenvalue weighted by atomic mass is 9.77. The molecule has 0 aliphatic carbocycles. The van der Waals surface area contributed by atoms with Crippen molar-refractivity contribution in [2.45, 2.75) is 25.7 Å². The lowest BCUT2D eigenvalue weighted by Crippen LogP contribution is -2.33. The van der Waals surface area contributed by atoms with Crippen LogP contribution in [0.4, 0.5) is 0 Å². The van der Waals surface area contributed by atoms with Crippen LogP contribution in [0.2, 0.25) is 0 Å². The Morgan fingerprint density at radius 2 is 1.94 bits per heavy atom. The normalized spacial score (nSPS) is 19.9. The number of ether oxygens (including phenoxy) is 3. The summed E-state index contributed by atoms with van der Waals surface area (Å²) in [6, 6.07) is 0. The van der Waals surface area contributed by atoms with Crippen molar-refractivity contribution in [3.8, 4) is 0 Å². The van der Waals surface area contributed by atoms with E-state index in [1.807, 2.05) is 0 Å². The highest BCUT2D eigenvalue weighted by Gasteiger charge is 2.31. The van der Waals surface area contributed by atoms with Gasteiger partial charge in [0.05, 0.1) is 13.2 Å². The van der Waals surface area contributed by atoms with E-state index >= 15 is 0 Å². The molecule has 0 aromatic rings. The monoisotopic (exact) mass is 232 g/mol. The lowest BCUT2D eigenvalue weighted by molar-refractivity contribution is -0.0263. The molecule has 4 heteroatoms. The maximum atomic E-state index is 9.47. The highest BCUT2D eigenvalue weighted by atomic mass is 16.5. The van der Waals surface area contributed by atoms with Crippen molar-refractivity contribution in [2.75, 3.05) is 46.8 Å². The Labute approximate surface area is 97.9 Å². The lowest BCUT2D eigenvalue weighted by Gasteiger charge is -2.35. The zero-order valence-electron chi connectivity index (χ0n) is 10.2. The highest BCUT2D eigenvalue weighted by molar-refractivity contribution is 4.81. The summed E-state index contributed by atoms with van der Waals surface area (Å²) in [6.45, 7) is 3.90. The molecule has 1 N–H and O–H groups in total. The van der Waals surface area contributed by atoms with Gasteiger partial charge in [0.1, 0.15) is 0 Å². The van der Waals surface area contributed by atoms with Crippen LogP contribution in [0.1, 0.15) is 25.7 Å². The summed E-state index contributed by atoms with van der Waals surface area (Å²) in [7, 11) is 1.67. The molecule has 0 unspecified atom stereocenters. The average molecular weight is 232 g/mol. The molecule has 0 bridgehead atoms. The van der Waals surface area contributed by atoms with E-state index in [9.17, 15) is 5.11 Å². The van der Waals surface area contributed by atoms with E-state index in [0.29, 0.717) is 13.2 Å². The van der Waals surface area contributed by atoms with Gasteiger partial charge in [0.15, 0.2) is 0 Å². The maximum Gasteiger partial charge on any atom is 0.0700 e. The van der Waals surface area contributed by atoms with E-state index in [2.05, 4.69) is 0 Å². The Hall–Kier alpha value is -0.160. The van der Waals surface area contributed by atoms with Gasteiger partial charge in [-0.15, -0.1) is 0 Å². The van der Waals surface area contributed by atoms with E-state index in [-0.39, 0.29) is 12.0 Å². The third-order valence-corrected chi connectivity index (χ3v) is 3.32. The molecule has 1 heterocycles. The predicted octanol–water partition coefficient (Wildman–Crippen LogP) is 1.22. The minimum Gasteiger partial charge on any atom is -0.396 e. The third kappa shape index (κ3) is 4.78. The molecular formula is C12H24O4. The number of aliphatic hydroxyl groups excluding tert-OH is 1. The van der Waals surface area contributed by atoms with Crippen LogP contribution in [0.3, 0.4) is 0 Å². The summed E-state index contributed by atoms with van der Waals surface area (Å²) in [5, 5.41) is 9.47. The van der Waals surface area contributed by atoms with Crippen LogP contribution in [0.5, 0.6) is 0 Å². The Kier molecular flexibility index (Phi) is 6.96. The molecule has 0 saturated carbocycles. The summed E-state index contributed by atoms with van der Waals surface area (Å²) in [5.41, 5.74) is 0.0862. The fourth-order valence-electron chi connectivity index (χ4n) is 2.09. The molecule has 16 heavy (non-hydrogen) atoms. The summed E-state index contributed by atoms with van der Waals surface area (Å²) in [5.74, 6) is 0. The fourth-order valence-corrected chi connectivity index (χ4v) is 2.09. The number of hydrogen-bond acceptors (Lipinski definition) is 4. The minimum absolute atomic E-state index is 0.0862. The van der Waals surface area contributed by atoms with Crippen LogP contribution >= 0.6 is 0 Å². The Bertz CT molecular complexity index is 166. The van der Waals surface area contributed by atoms with Crippen molar-refractivity contribution in [2.24, 2.45) is 5.41 Å². The first-order chi connectivity index (χ1) is 7.83. The second kappa shape index (κ2) is 8.01. The molecule has 0 amide bonds. The first-order valence-corrected chi connectivity index (χ1v) is 6.08. The van der Waals surface area contributed by atoms with Crippen LogP contribution < -0.4 is 0 Å². The molecule has 1 saturated heterocycles. The van der Waals surface area contributed by atoms with Gasteiger partial charge in [-0.25, -0.2) is 0 Å². The second-order valence-corrected chi connectivity index (χ2v) is 4.48. The Morgan fingerprint density at radius 1 is 1.19 bits per heavy atom. The third-order valence-electron chi connectivity index (χ3n) is 3.32. The van der Waals surface area contributed by atoms with Crippen LogP contribution in [0.15, 0.2) is 0 Å². The first kappa shape index (κ1) is 13.9. The van der Waals surface area contributed by atoms with Crippen LogP contribution in [0, 0.1) is 5.41 Å². The van der Waals surface area contributed by atoms with Gasteiger partial charge in [0, 0.05) is 33.5 Å². The predicted molar refractivity (Wildman–Crippen MR) is 61.5 cm³/mol. The molecule has 0 radical (unpaired) electrons. The summed E-state index contributed by atoms with van der Waals surface area (Å²) in [4.78, 5) is 0. The maximum absolute atomic E-state index is 9.47. The largest absolute Gasteiger partial charge is 0.396 e.